The molecule has 0 saturated carbocycles. The van der Waals surface area contributed by atoms with Gasteiger partial charge in [-0.25, -0.2) is 0 Å². The van der Waals surface area contributed by atoms with Crippen LogP contribution in [-0.4, -0.2) is 36.4 Å². The Morgan fingerprint density at radius 2 is 1.58 bits per heavy atom. The van der Waals surface area contributed by atoms with Gasteiger partial charge < -0.3 is 9.64 Å². The van der Waals surface area contributed by atoms with Gasteiger partial charge in [0.2, 0.25) is 0 Å². The van der Waals surface area contributed by atoms with E-state index in [0.717, 1.165) is 42.7 Å². The number of carbonyl (C=O) groups excluding carboxylic acids is 2. The summed E-state index contributed by atoms with van der Waals surface area (Å²) in [5.74, 6) is 0.769. The summed E-state index contributed by atoms with van der Waals surface area (Å²) in [5, 5.41) is 0. The molecule has 1 aliphatic heterocycles. The van der Waals surface area contributed by atoms with Crippen molar-refractivity contribution in [3.8, 4) is 5.75 Å². The molecule has 0 atom stereocenters. The Morgan fingerprint density at radius 1 is 0.879 bits per heavy atom. The van der Waals surface area contributed by atoms with Gasteiger partial charge in [0.15, 0.2) is 0 Å². The molecule has 1 heterocycles. The number of anilines is 1. The van der Waals surface area contributed by atoms with Gasteiger partial charge >= 0.3 is 0 Å². The largest absolute Gasteiger partial charge is 0.493 e. The summed E-state index contributed by atoms with van der Waals surface area (Å²) in [5.41, 5.74) is 2.57. The SMILES string of the molecule is CCCCCCN1C(=O)C(c2ccc(OCC(C)C)cc2)=C(N(CC)c2ccccc2)C1=O. The number of para-hydroxylation sites is 1. The van der Waals surface area contributed by atoms with Crippen LogP contribution in [0.2, 0.25) is 0 Å². The standard InChI is InChI=1S/C28H36N2O3/c1-5-7-8-12-19-30-27(31)25(22-15-17-24(18-16-22)33-20-21(3)4)26(28(30)32)29(6-2)23-13-10-9-11-14-23/h9-11,13-18,21H,5-8,12,19-20H2,1-4H3. The number of hydrogen-bond donors (Lipinski definition) is 0. The monoisotopic (exact) mass is 448 g/mol. The molecular formula is C28H36N2O3. The lowest BCUT2D eigenvalue weighted by Crippen LogP contribution is -2.36. The Bertz CT molecular complexity index is 964. The second-order valence-electron chi connectivity index (χ2n) is 8.86. The van der Waals surface area contributed by atoms with E-state index in [-0.39, 0.29) is 11.8 Å². The molecule has 0 unspecified atom stereocenters. The Labute approximate surface area is 198 Å². The first-order valence-electron chi connectivity index (χ1n) is 12.1. The fraction of sp³-hybridized carbons (Fsp3) is 0.429. The van der Waals surface area contributed by atoms with E-state index < -0.39 is 0 Å². The van der Waals surface area contributed by atoms with E-state index in [1.54, 1.807) is 0 Å². The van der Waals surface area contributed by atoms with Crippen molar-refractivity contribution in [1.29, 1.82) is 0 Å². The molecule has 5 nitrogen and oxygen atoms in total. The quantitative estimate of drug-likeness (QED) is 0.299. The summed E-state index contributed by atoms with van der Waals surface area (Å²) in [6.45, 7) is 10.0. The van der Waals surface area contributed by atoms with Crippen LogP contribution < -0.4 is 9.64 Å². The zero-order chi connectivity index (χ0) is 23.8. The molecule has 0 radical (unpaired) electrons. The minimum absolute atomic E-state index is 0.211. The van der Waals surface area contributed by atoms with Gasteiger partial charge in [-0.05, 0) is 49.1 Å². The third-order valence-corrected chi connectivity index (χ3v) is 5.76. The number of amides is 2. The van der Waals surface area contributed by atoms with Gasteiger partial charge in [0.05, 0.1) is 12.2 Å². The highest BCUT2D eigenvalue weighted by Crippen LogP contribution is 2.35. The molecule has 0 aromatic heterocycles. The van der Waals surface area contributed by atoms with Gasteiger partial charge in [0, 0.05) is 18.8 Å². The fourth-order valence-electron chi connectivity index (χ4n) is 4.03. The number of ether oxygens (including phenoxy) is 1. The zero-order valence-electron chi connectivity index (χ0n) is 20.3. The van der Waals surface area contributed by atoms with Crippen molar-refractivity contribution in [2.24, 2.45) is 5.92 Å². The molecule has 2 aromatic rings. The second-order valence-corrected chi connectivity index (χ2v) is 8.86. The van der Waals surface area contributed by atoms with E-state index in [2.05, 4.69) is 20.8 Å². The Kier molecular flexibility index (Phi) is 8.70. The molecule has 5 heteroatoms. The van der Waals surface area contributed by atoms with Crippen molar-refractivity contribution in [2.45, 2.75) is 53.4 Å². The second kappa shape index (κ2) is 11.7. The molecule has 176 valence electrons. The first-order valence-corrected chi connectivity index (χ1v) is 12.1. The molecule has 2 aromatic carbocycles. The van der Waals surface area contributed by atoms with E-state index in [1.165, 1.54) is 4.90 Å². The van der Waals surface area contributed by atoms with Gasteiger partial charge in [-0.15, -0.1) is 0 Å². The number of imide groups is 1. The van der Waals surface area contributed by atoms with Gasteiger partial charge in [-0.3, -0.25) is 14.5 Å². The van der Waals surface area contributed by atoms with E-state index >= 15 is 0 Å². The van der Waals surface area contributed by atoms with Crippen molar-refractivity contribution >= 4 is 23.1 Å². The molecule has 0 fully saturated rings. The first-order chi connectivity index (χ1) is 16.0. The lowest BCUT2D eigenvalue weighted by molar-refractivity contribution is -0.137. The van der Waals surface area contributed by atoms with Crippen LogP contribution in [0.25, 0.3) is 5.57 Å². The topological polar surface area (TPSA) is 49.9 Å². The number of unbranched alkanes of at least 4 members (excludes halogenated alkanes) is 3. The van der Waals surface area contributed by atoms with Crippen molar-refractivity contribution in [2.75, 3.05) is 24.6 Å². The van der Waals surface area contributed by atoms with Gasteiger partial charge in [-0.1, -0.05) is 70.4 Å². The highest BCUT2D eigenvalue weighted by atomic mass is 16.5. The van der Waals surface area contributed by atoms with Crippen LogP contribution in [-0.2, 0) is 9.59 Å². The average Bonchev–Trinajstić information content (AvgIpc) is 3.06. The molecule has 0 saturated heterocycles. The molecular weight excluding hydrogens is 412 g/mol. The smallest absolute Gasteiger partial charge is 0.278 e. The Balaban J connectivity index is 1.98. The number of benzene rings is 2. The van der Waals surface area contributed by atoms with Gasteiger partial charge in [-0.2, -0.15) is 0 Å². The van der Waals surface area contributed by atoms with Crippen molar-refractivity contribution < 1.29 is 14.3 Å². The molecule has 0 aliphatic carbocycles. The highest BCUT2D eigenvalue weighted by molar-refractivity contribution is 6.36. The summed E-state index contributed by atoms with van der Waals surface area (Å²) in [6.07, 6.45) is 4.05. The molecule has 1 aliphatic rings. The maximum atomic E-state index is 13.6. The normalized spacial score (nSPS) is 13.9. The lowest BCUT2D eigenvalue weighted by Gasteiger charge is -2.25. The summed E-state index contributed by atoms with van der Waals surface area (Å²) in [6, 6.07) is 17.3. The van der Waals surface area contributed by atoms with E-state index in [4.69, 9.17) is 4.74 Å². The summed E-state index contributed by atoms with van der Waals surface area (Å²) >= 11 is 0. The fourth-order valence-corrected chi connectivity index (χ4v) is 4.03. The molecule has 33 heavy (non-hydrogen) atoms. The third-order valence-electron chi connectivity index (χ3n) is 5.76. The predicted molar refractivity (Wildman–Crippen MR) is 134 cm³/mol. The van der Waals surface area contributed by atoms with Crippen LogP contribution >= 0.6 is 0 Å². The highest BCUT2D eigenvalue weighted by Gasteiger charge is 2.41. The average molecular weight is 449 g/mol. The summed E-state index contributed by atoms with van der Waals surface area (Å²) in [4.78, 5) is 30.5. The van der Waals surface area contributed by atoms with Crippen LogP contribution in [0.4, 0.5) is 5.69 Å². The van der Waals surface area contributed by atoms with Gasteiger partial charge in [0.25, 0.3) is 11.8 Å². The first kappa shape index (κ1) is 24.6. The molecule has 0 bridgehead atoms. The van der Waals surface area contributed by atoms with E-state index in [9.17, 15) is 9.59 Å². The van der Waals surface area contributed by atoms with Crippen LogP contribution in [0.3, 0.4) is 0 Å². The van der Waals surface area contributed by atoms with E-state index in [1.807, 2.05) is 66.4 Å². The summed E-state index contributed by atoms with van der Waals surface area (Å²) in [7, 11) is 0. The Hall–Kier alpha value is -3.08. The Morgan fingerprint density at radius 3 is 2.18 bits per heavy atom. The lowest BCUT2D eigenvalue weighted by atomic mass is 10.0. The molecule has 0 spiro atoms. The van der Waals surface area contributed by atoms with Crippen molar-refractivity contribution in [1.82, 2.24) is 4.90 Å². The third kappa shape index (κ3) is 5.84. The molecule has 3 rings (SSSR count). The zero-order valence-corrected chi connectivity index (χ0v) is 20.3. The van der Waals surface area contributed by atoms with Crippen LogP contribution in [0.5, 0.6) is 5.75 Å². The van der Waals surface area contributed by atoms with Crippen LogP contribution in [0.1, 0.15) is 58.9 Å². The van der Waals surface area contributed by atoms with Crippen LogP contribution in [0.15, 0.2) is 60.3 Å². The maximum absolute atomic E-state index is 13.6. The number of likely N-dealkylation sites (N-methyl/N-ethyl adjacent to an activating group) is 1. The number of rotatable bonds is 12. The minimum Gasteiger partial charge on any atom is -0.493 e. The molecule has 2 amide bonds. The predicted octanol–water partition coefficient (Wildman–Crippen LogP) is 5.91. The van der Waals surface area contributed by atoms with E-state index in [0.29, 0.717) is 36.9 Å². The number of hydrogen-bond acceptors (Lipinski definition) is 4. The number of nitrogens with zero attached hydrogens (tertiary/aromatic N) is 2. The maximum Gasteiger partial charge on any atom is 0.278 e. The van der Waals surface area contributed by atoms with Crippen molar-refractivity contribution in [3.05, 3.63) is 65.9 Å². The van der Waals surface area contributed by atoms with Gasteiger partial charge in [0.1, 0.15) is 11.4 Å². The minimum atomic E-state index is -0.211. The number of carbonyl (C=O) groups is 2. The van der Waals surface area contributed by atoms with Crippen molar-refractivity contribution in [3.63, 3.8) is 0 Å². The molecule has 0 N–H and O–H groups in total. The summed E-state index contributed by atoms with van der Waals surface area (Å²) < 4.78 is 5.81. The van der Waals surface area contributed by atoms with Crippen LogP contribution in [0, 0.1) is 5.92 Å².